The summed E-state index contributed by atoms with van der Waals surface area (Å²) in [6.07, 6.45) is 4.57. The van der Waals surface area contributed by atoms with E-state index in [1.54, 1.807) is 41.3 Å². The standard InChI is InChI=1S/C28H28N2O6/c1-3-35-23-10-5-4-9-22(23)29-16-18(15-24(29)31)28(34)36-20-13-11-19(12-14-20)30-26(32)21-8-6-7-17(2)25(21)27(30)33/h4-7,9-14,17-18,21,25H,3,8,15-16H2,1-2H3/t17-,18-,21-,25-/m1/s1. The molecule has 0 spiro atoms. The summed E-state index contributed by atoms with van der Waals surface area (Å²) < 4.78 is 11.2. The van der Waals surface area contributed by atoms with Crippen molar-refractivity contribution >= 4 is 35.1 Å². The summed E-state index contributed by atoms with van der Waals surface area (Å²) in [6.45, 7) is 4.49. The largest absolute Gasteiger partial charge is 0.492 e. The second-order valence-corrected chi connectivity index (χ2v) is 9.39. The van der Waals surface area contributed by atoms with E-state index in [9.17, 15) is 19.2 Å². The average molecular weight is 489 g/mol. The van der Waals surface area contributed by atoms with Gasteiger partial charge < -0.3 is 14.4 Å². The molecular formula is C28H28N2O6. The van der Waals surface area contributed by atoms with Gasteiger partial charge in [-0.15, -0.1) is 0 Å². The first-order chi connectivity index (χ1) is 17.4. The molecule has 1 aliphatic carbocycles. The molecule has 8 heteroatoms. The minimum absolute atomic E-state index is 0.0135. The summed E-state index contributed by atoms with van der Waals surface area (Å²) in [7, 11) is 0. The second kappa shape index (κ2) is 9.60. The van der Waals surface area contributed by atoms with Crippen LogP contribution in [-0.4, -0.2) is 36.8 Å². The zero-order valence-electron chi connectivity index (χ0n) is 20.3. The molecule has 0 aromatic heterocycles. The summed E-state index contributed by atoms with van der Waals surface area (Å²) in [5.74, 6) is -1.45. The highest BCUT2D eigenvalue weighted by Crippen LogP contribution is 2.41. The van der Waals surface area contributed by atoms with Crippen LogP contribution in [-0.2, 0) is 19.2 Å². The van der Waals surface area contributed by atoms with Gasteiger partial charge >= 0.3 is 5.97 Å². The van der Waals surface area contributed by atoms with Crippen LogP contribution < -0.4 is 19.3 Å². The topological polar surface area (TPSA) is 93.2 Å². The van der Waals surface area contributed by atoms with Crippen LogP contribution in [0.25, 0.3) is 0 Å². The van der Waals surface area contributed by atoms with Crippen LogP contribution in [0.15, 0.2) is 60.7 Å². The quantitative estimate of drug-likeness (QED) is 0.266. The van der Waals surface area contributed by atoms with E-state index in [0.717, 1.165) is 0 Å². The third-order valence-corrected chi connectivity index (χ3v) is 7.10. The number of carbonyl (C=O) groups excluding carboxylic acids is 4. The Balaban J connectivity index is 1.25. The Morgan fingerprint density at radius 3 is 2.50 bits per heavy atom. The molecule has 0 radical (unpaired) electrons. The Morgan fingerprint density at radius 1 is 1.03 bits per heavy atom. The zero-order valence-corrected chi connectivity index (χ0v) is 20.3. The Hall–Kier alpha value is -3.94. The maximum Gasteiger partial charge on any atom is 0.316 e. The van der Waals surface area contributed by atoms with Crippen LogP contribution in [0.3, 0.4) is 0 Å². The van der Waals surface area contributed by atoms with E-state index >= 15 is 0 Å². The molecule has 2 fully saturated rings. The summed E-state index contributed by atoms with van der Waals surface area (Å²) in [6, 6.07) is 13.6. The van der Waals surface area contributed by atoms with Crippen molar-refractivity contribution in [3.8, 4) is 11.5 Å². The van der Waals surface area contributed by atoms with Crippen molar-refractivity contribution < 1.29 is 28.7 Å². The van der Waals surface area contributed by atoms with Crippen LogP contribution in [0, 0.1) is 23.7 Å². The predicted octanol–water partition coefficient (Wildman–Crippen LogP) is 3.75. The molecule has 0 unspecified atom stereocenters. The molecule has 3 aliphatic rings. The molecule has 186 valence electrons. The molecule has 0 bridgehead atoms. The zero-order chi connectivity index (χ0) is 25.4. The first-order valence-electron chi connectivity index (χ1n) is 12.3. The maximum absolute atomic E-state index is 13.0. The number of esters is 1. The van der Waals surface area contributed by atoms with Crippen LogP contribution in [0.4, 0.5) is 11.4 Å². The predicted molar refractivity (Wildman–Crippen MR) is 133 cm³/mol. The van der Waals surface area contributed by atoms with Crippen LogP contribution in [0.5, 0.6) is 11.5 Å². The fourth-order valence-electron chi connectivity index (χ4n) is 5.32. The molecule has 2 saturated heterocycles. The number of rotatable bonds is 6. The highest BCUT2D eigenvalue weighted by Gasteiger charge is 2.50. The Bertz CT molecular complexity index is 1240. The first-order valence-corrected chi connectivity index (χ1v) is 12.3. The van der Waals surface area contributed by atoms with Crippen molar-refractivity contribution in [3.63, 3.8) is 0 Å². The molecule has 2 aromatic rings. The third-order valence-electron chi connectivity index (χ3n) is 7.10. The molecule has 0 saturated carbocycles. The summed E-state index contributed by atoms with van der Waals surface area (Å²) in [5.41, 5.74) is 1.09. The van der Waals surface area contributed by atoms with E-state index in [2.05, 4.69) is 0 Å². The number of allylic oxidation sites excluding steroid dienone is 2. The smallest absolute Gasteiger partial charge is 0.316 e. The Morgan fingerprint density at radius 2 is 1.78 bits per heavy atom. The Labute approximate surface area is 209 Å². The number of carbonyl (C=O) groups is 4. The first kappa shape index (κ1) is 23.8. The lowest BCUT2D eigenvalue weighted by Crippen LogP contribution is -2.31. The molecule has 4 atom stereocenters. The van der Waals surface area contributed by atoms with Crippen LogP contribution in [0.1, 0.15) is 26.7 Å². The number of anilines is 2. The van der Waals surface area contributed by atoms with Gasteiger partial charge in [-0.1, -0.05) is 31.2 Å². The Kier molecular flexibility index (Phi) is 6.35. The van der Waals surface area contributed by atoms with Crippen molar-refractivity contribution in [1.82, 2.24) is 0 Å². The number of benzene rings is 2. The monoisotopic (exact) mass is 488 g/mol. The normalized spacial score (nSPS) is 25.3. The van der Waals surface area contributed by atoms with Gasteiger partial charge in [0.1, 0.15) is 11.5 Å². The number of nitrogens with zero attached hydrogens (tertiary/aromatic N) is 2. The number of ether oxygens (including phenoxy) is 2. The molecular weight excluding hydrogens is 460 g/mol. The molecule has 5 rings (SSSR count). The van der Waals surface area contributed by atoms with E-state index in [0.29, 0.717) is 30.2 Å². The minimum Gasteiger partial charge on any atom is -0.492 e. The lowest BCUT2D eigenvalue weighted by atomic mass is 9.78. The molecule has 0 N–H and O–H groups in total. The van der Waals surface area contributed by atoms with Crippen molar-refractivity contribution in [1.29, 1.82) is 0 Å². The fourth-order valence-corrected chi connectivity index (χ4v) is 5.32. The van der Waals surface area contributed by atoms with Gasteiger partial charge in [-0.2, -0.15) is 0 Å². The summed E-state index contributed by atoms with van der Waals surface area (Å²) in [5, 5.41) is 0. The van der Waals surface area contributed by atoms with Crippen molar-refractivity contribution in [2.24, 2.45) is 23.7 Å². The van der Waals surface area contributed by atoms with Gasteiger partial charge in [-0.05, 0) is 55.7 Å². The maximum atomic E-state index is 13.0. The average Bonchev–Trinajstić information content (AvgIpc) is 3.38. The SMILES string of the molecule is CCOc1ccccc1N1C[C@H](C(=O)Oc2ccc(N3C(=O)[C@@H]4[C@H](C)C=CC[C@H]4C3=O)cc2)CC1=O. The van der Waals surface area contributed by atoms with Gasteiger partial charge in [0.15, 0.2) is 0 Å². The highest BCUT2D eigenvalue weighted by atomic mass is 16.5. The van der Waals surface area contributed by atoms with Gasteiger partial charge in [-0.3, -0.25) is 24.1 Å². The van der Waals surface area contributed by atoms with Crippen molar-refractivity contribution in [2.45, 2.75) is 26.7 Å². The van der Waals surface area contributed by atoms with Crippen LogP contribution >= 0.6 is 0 Å². The van der Waals surface area contributed by atoms with E-state index in [4.69, 9.17) is 9.47 Å². The molecule has 2 aromatic carbocycles. The van der Waals surface area contributed by atoms with Crippen molar-refractivity contribution in [3.05, 3.63) is 60.7 Å². The van der Waals surface area contributed by atoms with Gasteiger partial charge in [-0.25, -0.2) is 0 Å². The van der Waals surface area contributed by atoms with Gasteiger partial charge in [0, 0.05) is 13.0 Å². The molecule has 2 aliphatic heterocycles. The summed E-state index contributed by atoms with van der Waals surface area (Å²) >= 11 is 0. The van der Waals surface area contributed by atoms with Gasteiger partial charge in [0.2, 0.25) is 17.7 Å². The number of fused-ring (bicyclic) bond motifs is 1. The molecule has 3 amide bonds. The highest BCUT2D eigenvalue weighted by molar-refractivity contribution is 6.22. The van der Waals surface area contributed by atoms with Gasteiger partial charge in [0.05, 0.1) is 35.7 Å². The lowest BCUT2D eigenvalue weighted by Gasteiger charge is -2.22. The fraction of sp³-hybridized carbons (Fsp3) is 0.357. The van der Waals surface area contributed by atoms with Crippen molar-refractivity contribution in [2.75, 3.05) is 23.0 Å². The second-order valence-electron chi connectivity index (χ2n) is 9.39. The number of hydrogen-bond donors (Lipinski definition) is 0. The number of imide groups is 1. The van der Waals surface area contributed by atoms with E-state index in [1.165, 1.54) is 4.90 Å². The van der Waals surface area contributed by atoms with E-state index in [-0.39, 0.29) is 54.2 Å². The van der Waals surface area contributed by atoms with E-state index in [1.807, 2.05) is 38.1 Å². The number of amides is 3. The minimum atomic E-state index is -0.620. The number of hydrogen-bond acceptors (Lipinski definition) is 6. The third kappa shape index (κ3) is 4.17. The number of para-hydroxylation sites is 2. The molecule has 8 nitrogen and oxygen atoms in total. The van der Waals surface area contributed by atoms with Gasteiger partial charge in [0.25, 0.3) is 0 Å². The molecule has 36 heavy (non-hydrogen) atoms. The summed E-state index contributed by atoms with van der Waals surface area (Å²) in [4.78, 5) is 54.2. The lowest BCUT2D eigenvalue weighted by molar-refractivity contribution is -0.139. The molecule has 2 heterocycles. The van der Waals surface area contributed by atoms with Crippen LogP contribution in [0.2, 0.25) is 0 Å². The van der Waals surface area contributed by atoms with E-state index < -0.39 is 11.9 Å².